The zero-order chi connectivity index (χ0) is 86.9. The van der Waals surface area contributed by atoms with E-state index < -0.39 is 5.82 Å². The quantitative estimate of drug-likeness (QED) is 0.0718. The Morgan fingerprint density at radius 2 is 0.672 bits per heavy atom. The van der Waals surface area contributed by atoms with Gasteiger partial charge in [0, 0.05) is 78.8 Å². The molecule has 3 N–H and O–H groups in total. The number of pyridine rings is 4. The number of rotatable bonds is 1. The Kier molecular flexibility index (Phi) is 34.5. The molecule has 5 aromatic heterocycles. The van der Waals surface area contributed by atoms with Gasteiger partial charge in [0.15, 0.2) is 5.84 Å². The van der Waals surface area contributed by atoms with Crippen LogP contribution < -0.4 is 5.73 Å². The summed E-state index contributed by atoms with van der Waals surface area (Å²) < 4.78 is 12.9. The monoisotopic (exact) mass is 1680 g/mol. The topological polar surface area (TPSA) is 136 Å². The van der Waals surface area contributed by atoms with E-state index in [-0.39, 0.29) is 11.4 Å². The summed E-state index contributed by atoms with van der Waals surface area (Å²) in [5.41, 5.74) is 25.1. The molecule has 0 saturated heterocycles. The molecule has 9 nitrogen and oxygen atoms in total. The number of amidine groups is 1. The van der Waals surface area contributed by atoms with Crippen molar-refractivity contribution >= 4 is 150 Å². The molecule has 0 aliphatic carbocycles. The van der Waals surface area contributed by atoms with Gasteiger partial charge in [-0.15, -0.1) is 0 Å². The predicted octanol–water partition coefficient (Wildman–Crippen LogP) is 30.5. The van der Waals surface area contributed by atoms with Gasteiger partial charge in [0.1, 0.15) is 5.82 Å². The standard InChI is InChI=1S/4C11H9Cl.4C10H9N.C9H8N2.C8H9FN2O.C7H8/c1-8-2-3-10-7-11(12)5-4-9(10)6-8;1-8-2-3-9-4-5-11(12)7-10(9)6-8;1-8-3-2-4-9-7-10(12)5-6-11(8)9;1-8-3-2-4-9-5-6-10(12)7-11(8)9;1-8-4-5-10-9(7-8)3-2-6-11-10;1-8-4-5-9-3-2-6-11-10(9)7-8;1-8-6-9-4-2-3-5-10(9)11-7-8;1-8-6-7-11-10-5-3-2-4-9(8)10;1-7-2-3-8-9(6-7)11-5-4-10-8;1-5-2-3-7(9)6(4-5)8(10)11-12;1-7-5-3-2-4-6-7/h4*2-7H,1H3;4*2-7H,1H3;2-6H,1H3;2-4,12H,1H3,(H2,10,11);2-6H,1H3. The third-order valence-corrected chi connectivity index (χ3v) is 20.2. The van der Waals surface area contributed by atoms with E-state index in [4.69, 9.17) is 57.3 Å². The molecule has 122 heavy (non-hydrogen) atoms. The molecule has 0 radical (unpaired) electrons. The lowest BCUT2D eigenvalue weighted by molar-refractivity contribution is 0.318. The molecule has 20 rings (SSSR count). The molecule has 20 aromatic rings. The molecule has 0 unspecified atom stereocenters. The van der Waals surface area contributed by atoms with Crippen LogP contribution in [0.15, 0.2) is 376 Å². The van der Waals surface area contributed by atoms with Crippen molar-refractivity contribution in [2.45, 2.75) is 76.2 Å². The van der Waals surface area contributed by atoms with Crippen molar-refractivity contribution in [2.75, 3.05) is 0 Å². The lowest BCUT2D eigenvalue weighted by Crippen LogP contribution is -2.15. The minimum atomic E-state index is -0.490. The highest BCUT2D eigenvalue weighted by Crippen LogP contribution is 2.26. The summed E-state index contributed by atoms with van der Waals surface area (Å²) in [5, 5.41) is 29.0. The highest BCUT2D eigenvalue weighted by atomic mass is 35.5. The summed E-state index contributed by atoms with van der Waals surface area (Å²) in [6.07, 6.45) is 10.8. The van der Waals surface area contributed by atoms with Gasteiger partial charge in [0.2, 0.25) is 0 Å². The predicted molar refractivity (Wildman–Crippen MR) is 520 cm³/mol. The van der Waals surface area contributed by atoms with Gasteiger partial charge in [-0.05, 0) is 280 Å². The van der Waals surface area contributed by atoms with Crippen molar-refractivity contribution in [1.82, 2.24) is 29.9 Å². The van der Waals surface area contributed by atoms with Gasteiger partial charge in [-0.1, -0.05) is 286 Å². The van der Waals surface area contributed by atoms with Crippen LogP contribution in [-0.2, 0) is 0 Å². The summed E-state index contributed by atoms with van der Waals surface area (Å²) >= 11 is 23.5. The van der Waals surface area contributed by atoms with E-state index in [0.29, 0.717) is 0 Å². The second-order valence-electron chi connectivity index (χ2n) is 29.3. The average molecular weight is 1680 g/mol. The largest absolute Gasteiger partial charge is 0.409 e. The van der Waals surface area contributed by atoms with Crippen molar-refractivity contribution in [3.05, 3.63) is 464 Å². The zero-order valence-corrected chi connectivity index (χ0v) is 73.3. The van der Waals surface area contributed by atoms with Gasteiger partial charge in [-0.3, -0.25) is 29.9 Å². The van der Waals surface area contributed by atoms with Crippen LogP contribution in [0.3, 0.4) is 0 Å². The lowest BCUT2D eigenvalue weighted by Gasteiger charge is -2.01. The van der Waals surface area contributed by atoms with Crippen LogP contribution in [0.5, 0.6) is 0 Å². The Hall–Kier alpha value is -13.3. The summed E-state index contributed by atoms with van der Waals surface area (Å²) in [6.45, 7) is 22.6. The summed E-state index contributed by atoms with van der Waals surface area (Å²) in [4.78, 5) is 25.3. The second kappa shape index (κ2) is 46.3. The normalized spacial score (nSPS) is 10.4. The molecule has 5 heterocycles. The first-order valence-electron chi connectivity index (χ1n) is 39.7. The summed E-state index contributed by atoms with van der Waals surface area (Å²) in [7, 11) is 0. The minimum absolute atomic E-state index is 0.123. The van der Waals surface area contributed by atoms with E-state index in [9.17, 15) is 4.39 Å². The van der Waals surface area contributed by atoms with Gasteiger partial charge in [0.05, 0.1) is 38.7 Å². The molecule has 14 heteroatoms. The molecule has 610 valence electrons. The Bertz CT molecular complexity index is 6450. The number of benzene rings is 15. The number of aryl methyl sites for hydroxylation is 11. The first-order chi connectivity index (χ1) is 58.9. The number of nitrogens with zero attached hydrogens (tertiary/aromatic N) is 7. The first-order valence-corrected chi connectivity index (χ1v) is 41.2. The number of halogens is 5. The van der Waals surface area contributed by atoms with Crippen molar-refractivity contribution in [1.29, 1.82) is 0 Å². The molecule has 0 fully saturated rings. The first kappa shape index (κ1) is 91.0. The van der Waals surface area contributed by atoms with Crippen molar-refractivity contribution in [3.8, 4) is 0 Å². The Labute approximate surface area is 734 Å². The number of aromatic nitrogens is 6. The fourth-order valence-corrected chi connectivity index (χ4v) is 13.5. The zero-order valence-electron chi connectivity index (χ0n) is 70.3. The van der Waals surface area contributed by atoms with E-state index in [1.807, 2.05) is 202 Å². The van der Waals surface area contributed by atoms with Gasteiger partial charge < -0.3 is 10.9 Å². The van der Waals surface area contributed by atoms with E-state index in [0.717, 1.165) is 58.8 Å². The second-order valence-corrected chi connectivity index (χ2v) is 31.0. The number of para-hydroxylation sites is 2. The highest BCUT2D eigenvalue weighted by molar-refractivity contribution is 6.32. The molecule has 0 atom stereocenters. The van der Waals surface area contributed by atoms with Gasteiger partial charge in [-0.2, -0.15) is 0 Å². The number of oxime groups is 1. The van der Waals surface area contributed by atoms with Crippen LogP contribution in [0.4, 0.5) is 4.39 Å². The van der Waals surface area contributed by atoms with Gasteiger partial charge in [0.25, 0.3) is 0 Å². The number of hydrogen-bond acceptors (Lipinski definition) is 8. The number of hydrogen-bond donors (Lipinski definition) is 2. The van der Waals surface area contributed by atoms with E-state index in [2.05, 4.69) is 243 Å². The molecule has 0 spiro atoms. The van der Waals surface area contributed by atoms with E-state index in [1.54, 1.807) is 25.4 Å². The SMILES string of the molecule is Cc1ccc(F)c(C(N)=NO)c1.Cc1ccc2cc(Cl)ccc2c1.Cc1ccc2ccc(Cl)cc2c1.Cc1ccc2cccnc2c1.Cc1ccc2ncccc2c1.Cc1ccc2nccnc2c1.Cc1cccc2cc(Cl)ccc12.Cc1cccc2ccc(Cl)cc12.Cc1ccccc1.Cc1ccnc2ccccc12.Cc1cnc2ccccc2c1. The number of nitrogens with two attached hydrogens (primary N) is 1. The molecular formula is C108H97Cl4FN8O. The third kappa shape index (κ3) is 28.4. The number of fused-ring (bicyclic) bond motifs is 9. The highest BCUT2D eigenvalue weighted by Gasteiger charge is 2.07. The molecule has 0 aliphatic heterocycles. The van der Waals surface area contributed by atoms with Crippen LogP contribution in [0.1, 0.15) is 66.8 Å². The summed E-state index contributed by atoms with van der Waals surface area (Å²) in [5.74, 6) is -0.702. The van der Waals surface area contributed by atoms with E-state index in [1.165, 1.54) is 132 Å². The molecular weight excluding hydrogens is 1590 g/mol. The Morgan fingerprint density at radius 3 is 1.34 bits per heavy atom. The van der Waals surface area contributed by atoms with Gasteiger partial charge >= 0.3 is 0 Å². The molecule has 0 saturated carbocycles. The maximum Gasteiger partial charge on any atom is 0.173 e. The Balaban J connectivity index is 0.000000141. The maximum absolute atomic E-state index is 12.9. The van der Waals surface area contributed by atoms with Crippen LogP contribution in [0.25, 0.3) is 97.7 Å². The summed E-state index contributed by atoms with van der Waals surface area (Å²) in [6, 6.07) is 111. The lowest BCUT2D eigenvalue weighted by atomic mass is 10.1. The fourth-order valence-electron chi connectivity index (χ4n) is 12.8. The van der Waals surface area contributed by atoms with Gasteiger partial charge in [-0.25, -0.2) is 4.39 Å². The van der Waals surface area contributed by atoms with Crippen LogP contribution in [-0.4, -0.2) is 40.9 Å². The molecule has 0 bridgehead atoms. The minimum Gasteiger partial charge on any atom is -0.409 e. The van der Waals surface area contributed by atoms with Crippen molar-refractivity contribution in [2.24, 2.45) is 10.9 Å². The van der Waals surface area contributed by atoms with E-state index >= 15 is 0 Å². The van der Waals surface area contributed by atoms with Crippen molar-refractivity contribution in [3.63, 3.8) is 0 Å². The van der Waals surface area contributed by atoms with Crippen LogP contribution >= 0.6 is 46.4 Å². The van der Waals surface area contributed by atoms with Crippen molar-refractivity contribution < 1.29 is 9.60 Å². The Morgan fingerprint density at radius 1 is 0.254 bits per heavy atom. The maximum atomic E-state index is 12.9. The molecule has 0 amide bonds. The molecule has 0 aliphatic rings. The third-order valence-electron chi connectivity index (χ3n) is 19.2. The smallest absolute Gasteiger partial charge is 0.173 e. The average Bonchev–Trinajstić information content (AvgIpc) is 0.811. The van der Waals surface area contributed by atoms with Crippen LogP contribution in [0, 0.1) is 82.0 Å². The molecule has 15 aromatic carbocycles. The fraction of sp³-hybridized carbons (Fsp3) is 0.102. The van der Waals surface area contributed by atoms with Crippen LogP contribution in [0.2, 0.25) is 20.1 Å².